The number of carbonyl (C=O) groups is 2. The summed E-state index contributed by atoms with van der Waals surface area (Å²) in [6, 6.07) is 8.88. The van der Waals surface area contributed by atoms with E-state index in [4.69, 9.17) is 0 Å². The first kappa shape index (κ1) is 17.3. The van der Waals surface area contributed by atoms with Gasteiger partial charge < -0.3 is 15.2 Å². The number of nitro benzene ring substituents is 1. The zero-order valence-electron chi connectivity index (χ0n) is 12.3. The summed E-state index contributed by atoms with van der Waals surface area (Å²) in [5.41, 5.74) is -0.912. The second kappa shape index (κ2) is 7.01. The SMILES string of the molecule is CNC(=O)c1ccccc1[S@@](=O)c1ccc([N+](=O)[O-])cc1C(=O)[O-]. The molecular formula is C15H11N2O6S-. The Hall–Kier alpha value is -3.07. The van der Waals surface area contributed by atoms with Crippen LogP contribution in [0.1, 0.15) is 20.7 Å². The van der Waals surface area contributed by atoms with E-state index < -0.39 is 38.9 Å². The van der Waals surface area contributed by atoms with Crippen molar-refractivity contribution in [2.24, 2.45) is 0 Å². The van der Waals surface area contributed by atoms with Crippen LogP contribution in [0.5, 0.6) is 0 Å². The average molecular weight is 347 g/mol. The molecule has 0 aliphatic heterocycles. The highest BCUT2D eigenvalue weighted by Gasteiger charge is 2.21. The van der Waals surface area contributed by atoms with E-state index in [0.29, 0.717) is 0 Å². The Bertz CT molecular complexity index is 865. The highest BCUT2D eigenvalue weighted by Crippen LogP contribution is 2.26. The minimum Gasteiger partial charge on any atom is -0.545 e. The van der Waals surface area contributed by atoms with E-state index in [1.54, 1.807) is 12.1 Å². The Balaban J connectivity index is 2.61. The molecule has 2 aromatic carbocycles. The first-order valence-electron chi connectivity index (χ1n) is 6.59. The summed E-state index contributed by atoms with van der Waals surface area (Å²) in [6.07, 6.45) is 0. The Morgan fingerprint density at radius 2 is 1.71 bits per heavy atom. The third-order valence-electron chi connectivity index (χ3n) is 3.15. The number of aromatic carboxylic acids is 1. The number of nitrogens with one attached hydrogen (secondary N) is 1. The standard InChI is InChI=1S/C15H12N2O6S/c1-16-14(18)10-4-2-3-5-12(10)24(23)13-7-6-9(17(21)22)8-11(13)15(19)20/h2-8H,1H3,(H,16,18)(H,19,20)/p-1/t24-/m1/s1. The molecule has 0 saturated carbocycles. The minimum absolute atomic E-state index is 0.0909. The predicted octanol–water partition coefficient (Wildman–Crippen LogP) is 0.485. The Morgan fingerprint density at radius 1 is 1.08 bits per heavy atom. The molecule has 0 radical (unpaired) electrons. The first-order chi connectivity index (χ1) is 11.4. The van der Waals surface area contributed by atoms with Crippen molar-refractivity contribution in [1.29, 1.82) is 0 Å². The molecule has 8 nitrogen and oxygen atoms in total. The number of carboxylic acid groups (broad SMARTS) is 1. The smallest absolute Gasteiger partial charge is 0.270 e. The number of carboxylic acids is 1. The van der Waals surface area contributed by atoms with Gasteiger partial charge in [-0.05, 0) is 18.2 Å². The van der Waals surface area contributed by atoms with Gasteiger partial charge in [0.15, 0.2) is 0 Å². The topological polar surface area (TPSA) is 129 Å². The van der Waals surface area contributed by atoms with Crippen molar-refractivity contribution in [2.45, 2.75) is 9.79 Å². The number of amides is 1. The molecule has 0 saturated heterocycles. The fourth-order valence-electron chi connectivity index (χ4n) is 2.02. The molecule has 0 spiro atoms. The lowest BCUT2D eigenvalue weighted by atomic mass is 10.2. The van der Waals surface area contributed by atoms with Crippen molar-refractivity contribution in [1.82, 2.24) is 5.32 Å². The van der Waals surface area contributed by atoms with Crippen molar-refractivity contribution >= 4 is 28.4 Å². The maximum Gasteiger partial charge on any atom is 0.270 e. The second-order valence-corrected chi connectivity index (χ2v) is 5.99. The molecule has 9 heteroatoms. The van der Waals surface area contributed by atoms with Crippen molar-refractivity contribution < 1.29 is 23.8 Å². The molecule has 1 N–H and O–H groups in total. The Kier molecular flexibility index (Phi) is 5.05. The van der Waals surface area contributed by atoms with Crippen LogP contribution in [-0.4, -0.2) is 28.1 Å². The van der Waals surface area contributed by atoms with Crippen LogP contribution in [0.25, 0.3) is 0 Å². The molecule has 0 aromatic heterocycles. The van der Waals surface area contributed by atoms with E-state index in [9.17, 15) is 29.0 Å². The average Bonchev–Trinajstić information content (AvgIpc) is 2.59. The van der Waals surface area contributed by atoms with Crippen LogP contribution in [0.3, 0.4) is 0 Å². The van der Waals surface area contributed by atoms with Gasteiger partial charge in [0.2, 0.25) is 0 Å². The van der Waals surface area contributed by atoms with Crippen molar-refractivity contribution in [2.75, 3.05) is 7.05 Å². The number of benzene rings is 2. The van der Waals surface area contributed by atoms with Crippen LogP contribution < -0.4 is 10.4 Å². The number of nitrogens with zero attached hydrogens (tertiary/aromatic N) is 1. The first-order valence-corrected chi connectivity index (χ1v) is 7.74. The van der Waals surface area contributed by atoms with Crippen molar-refractivity contribution in [3.05, 3.63) is 63.7 Å². The summed E-state index contributed by atoms with van der Waals surface area (Å²) in [7, 11) is -0.635. The van der Waals surface area contributed by atoms with E-state index in [-0.39, 0.29) is 15.4 Å². The fourth-order valence-corrected chi connectivity index (χ4v) is 3.35. The molecular weight excluding hydrogens is 336 g/mol. The second-order valence-electron chi connectivity index (χ2n) is 4.57. The molecule has 1 amide bonds. The predicted molar refractivity (Wildman–Crippen MR) is 81.9 cm³/mol. The van der Waals surface area contributed by atoms with Crippen molar-refractivity contribution in [3.63, 3.8) is 0 Å². The molecule has 0 heterocycles. The van der Waals surface area contributed by atoms with Gasteiger partial charge in [-0.1, -0.05) is 12.1 Å². The molecule has 24 heavy (non-hydrogen) atoms. The Labute approximate surface area is 138 Å². The van der Waals surface area contributed by atoms with Crippen LogP contribution in [-0.2, 0) is 10.8 Å². The molecule has 2 rings (SSSR count). The van der Waals surface area contributed by atoms with Crippen molar-refractivity contribution in [3.8, 4) is 0 Å². The summed E-state index contributed by atoms with van der Waals surface area (Å²) < 4.78 is 12.8. The zero-order chi connectivity index (χ0) is 17.9. The minimum atomic E-state index is -2.04. The quantitative estimate of drug-likeness (QED) is 0.619. The zero-order valence-corrected chi connectivity index (χ0v) is 13.2. The lowest BCUT2D eigenvalue weighted by Crippen LogP contribution is -2.25. The van der Waals surface area contributed by atoms with Gasteiger partial charge in [-0.2, -0.15) is 0 Å². The highest BCUT2D eigenvalue weighted by molar-refractivity contribution is 7.85. The fraction of sp³-hybridized carbons (Fsp3) is 0.0667. The van der Waals surface area contributed by atoms with Gasteiger partial charge in [0, 0.05) is 24.7 Å². The lowest BCUT2D eigenvalue weighted by Gasteiger charge is -2.12. The van der Waals surface area contributed by atoms with Crippen LogP contribution in [0.15, 0.2) is 52.3 Å². The maximum absolute atomic E-state index is 12.8. The molecule has 0 aliphatic rings. The molecule has 1 atom stereocenters. The maximum atomic E-state index is 12.8. The largest absolute Gasteiger partial charge is 0.545 e. The van der Waals surface area contributed by atoms with Gasteiger partial charge in [0.1, 0.15) is 0 Å². The molecule has 0 unspecified atom stereocenters. The van der Waals surface area contributed by atoms with Gasteiger partial charge in [-0.15, -0.1) is 0 Å². The third kappa shape index (κ3) is 3.30. The number of hydrogen-bond acceptors (Lipinski definition) is 6. The van der Waals surface area contributed by atoms with Gasteiger partial charge in [0.25, 0.3) is 11.6 Å². The Morgan fingerprint density at radius 3 is 2.29 bits per heavy atom. The number of hydrogen-bond donors (Lipinski definition) is 1. The summed E-state index contributed by atoms with van der Waals surface area (Å²) in [5.74, 6) is -2.18. The van der Waals surface area contributed by atoms with Crippen LogP contribution >= 0.6 is 0 Å². The van der Waals surface area contributed by atoms with Crippen LogP contribution in [0.2, 0.25) is 0 Å². The van der Waals surface area contributed by atoms with Gasteiger partial charge in [-0.3, -0.25) is 14.9 Å². The lowest BCUT2D eigenvalue weighted by molar-refractivity contribution is -0.385. The number of rotatable bonds is 5. The van der Waals surface area contributed by atoms with E-state index in [1.807, 2.05) is 0 Å². The molecule has 2 aromatic rings. The number of carbonyl (C=O) groups excluding carboxylic acids is 2. The summed E-state index contributed by atoms with van der Waals surface area (Å²) >= 11 is 0. The van der Waals surface area contributed by atoms with E-state index in [0.717, 1.165) is 18.2 Å². The molecule has 0 fully saturated rings. The third-order valence-corrected chi connectivity index (χ3v) is 4.66. The molecule has 0 aliphatic carbocycles. The van der Waals surface area contributed by atoms with Gasteiger partial charge in [0.05, 0.1) is 37.0 Å². The van der Waals surface area contributed by atoms with E-state index in [2.05, 4.69) is 5.32 Å². The number of non-ortho nitro benzene ring substituents is 1. The van der Waals surface area contributed by atoms with E-state index in [1.165, 1.54) is 19.2 Å². The molecule has 124 valence electrons. The van der Waals surface area contributed by atoms with Crippen LogP contribution in [0.4, 0.5) is 5.69 Å². The summed E-state index contributed by atoms with van der Waals surface area (Å²) in [5, 5.41) is 24.4. The summed E-state index contributed by atoms with van der Waals surface area (Å²) in [6.45, 7) is 0. The normalized spacial score (nSPS) is 11.5. The monoisotopic (exact) mass is 347 g/mol. The number of nitro groups is 1. The highest BCUT2D eigenvalue weighted by atomic mass is 32.2. The summed E-state index contributed by atoms with van der Waals surface area (Å²) in [4.78, 5) is 33.0. The van der Waals surface area contributed by atoms with Gasteiger partial charge in [-0.25, -0.2) is 4.21 Å². The van der Waals surface area contributed by atoms with E-state index >= 15 is 0 Å². The molecule has 0 bridgehead atoms. The van der Waals surface area contributed by atoms with Gasteiger partial charge >= 0.3 is 0 Å². The van der Waals surface area contributed by atoms with Crippen LogP contribution in [0, 0.1) is 10.1 Å².